The number of hydrogen-bond donors (Lipinski definition) is 4. The third-order valence-corrected chi connectivity index (χ3v) is 5.87. The van der Waals surface area contributed by atoms with Crippen LogP contribution in [0.4, 0.5) is 0 Å². The van der Waals surface area contributed by atoms with Gasteiger partial charge in [0.05, 0.1) is 31.0 Å². The van der Waals surface area contributed by atoms with E-state index >= 15 is 0 Å². The van der Waals surface area contributed by atoms with Crippen molar-refractivity contribution in [2.75, 3.05) is 13.7 Å². The maximum absolute atomic E-state index is 13.2. The molecule has 35 heavy (non-hydrogen) atoms. The normalized spacial score (nSPS) is 18.9. The maximum Gasteiger partial charge on any atom is 0.375 e. The first kappa shape index (κ1) is 26.1. The first-order chi connectivity index (χ1) is 16.4. The molecule has 0 aromatic heterocycles. The molecule has 9 nitrogen and oxygen atoms in total. The number of esters is 2. The third-order valence-electron chi connectivity index (χ3n) is 5.87. The SMILES string of the molecule is CCOC1=C(c2ccc(O)cc2)[C@](Cc2ccc(O)c(C[C@H](O)C(C)(C)O)c2)(C(=O)OC)OC1=O. The molecule has 0 saturated heterocycles. The zero-order valence-electron chi connectivity index (χ0n) is 20.1. The molecule has 0 saturated carbocycles. The molecular weight excluding hydrogens is 456 g/mol. The Hall–Kier alpha value is -3.56. The summed E-state index contributed by atoms with van der Waals surface area (Å²) >= 11 is 0. The van der Waals surface area contributed by atoms with E-state index in [1.165, 1.54) is 51.3 Å². The number of ether oxygens (including phenoxy) is 3. The zero-order valence-corrected chi connectivity index (χ0v) is 20.1. The van der Waals surface area contributed by atoms with Gasteiger partial charge in [-0.25, -0.2) is 9.59 Å². The molecular formula is C26H30O9. The number of aromatic hydroxyl groups is 2. The van der Waals surface area contributed by atoms with Gasteiger partial charge in [-0.3, -0.25) is 0 Å². The summed E-state index contributed by atoms with van der Waals surface area (Å²) in [6.45, 7) is 4.73. The van der Waals surface area contributed by atoms with Crippen LogP contribution < -0.4 is 0 Å². The second kappa shape index (κ2) is 9.97. The number of aliphatic hydroxyl groups excluding tert-OH is 1. The summed E-state index contributed by atoms with van der Waals surface area (Å²) in [7, 11) is 1.17. The summed E-state index contributed by atoms with van der Waals surface area (Å²) in [5.74, 6) is -1.92. The van der Waals surface area contributed by atoms with Gasteiger partial charge in [-0.05, 0) is 55.7 Å². The zero-order chi connectivity index (χ0) is 26.0. The van der Waals surface area contributed by atoms with E-state index in [0.717, 1.165) is 0 Å². The van der Waals surface area contributed by atoms with Crippen LogP contribution in [0.2, 0.25) is 0 Å². The second-order valence-corrected chi connectivity index (χ2v) is 8.91. The van der Waals surface area contributed by atoms with Gasteiger partial charge in [0.1, 0.15) is 11.5 Å². The molecule has 2 aromatic rings. The number of aliphatic hydroxyl groups is 2. The summed E-state index contributed by atoms with van der Waals surface area (Å²) in [6, 6.07) is 10.4. The average molecular weight is 487 g/mol. The minimum absolute atomic E-state index is 0.00485. The van der Waals surface area contributed by atoms with E-state index in [2.05, 4.69) is 0 Å². The summed E-state index contributed by atoms with van der Waals surface area (Å²) in [6.07, 6.45) is -1.39. The van der Waals surface area contributed by atoms with Crippen LogP contribution in [0, 0.1) is 0 Å². The van der Waals surface area contributed by atoms with Crippen molar-refractivity contribution in [1.82, 2.24) is 0 Å². The molecule has 2 atom stereocenters. The van der Waals surface area contributed by atoms with Crippen LogP contribution in [0.25, 0.3) is 5.57 Å². The molecule has 1 aliphatic rings. The van der Waals surface area contributed by atoms with Crippen molar-refractivity contribution in [2.45, 2.75) is 50.9 Å². The molecule has 188 valence electrons. The largest absolute Gasteiger partial charge is 0.508 e. The molecule has 1 heterocycles. The quantitative estimate of drug-likeness (QED) is 0.392. The Morgan fingerprint density at radius 3 is 2.37 bits per heavy atom. The highest BCUT2D eigenvalue weighted by Crippen LogP contribution is 2.44. The predicted octanol–water partition coefficient (Wildman–Crippen LogP) is 2.23. The predicted molar refractivity (Wildman–Crippen MR) is 125 cm³/mol. The van der Waals surface area contributed by atoms with Crippen LogP contribution in [-0.2, 0) is 36.6 Å². The lowest BCUT2D eigenvalue weighted by Crippen LogP contribution is -2.44. The Labute approximate surface area is 203 Å². The monoisotopic (exact) mass is 486 g/mol. The molecule has 0 fully saturated rings. The number of carbonyl (C=O) groups is 2. The summed E-state index contributed by atoms with van der Waals surface area (Å²) in [5, 5.41) is 40.4. The minimum Gasteiger partial charge on any atom is -0.508 e. The lowest BCUT2D eigenvalue weighted by atomic mass is 9.82. The van der Waals surface area contributed by atoms with Crippen molar-refractivity contribution in [3.8, 4) is 11.5 Å². The lowest BCUT2D eigenvalue weighted by molar-refractivity contribution is -0.169. The van der Waals surface area contributed by atoms with E-state index in [4.69, 9.17) is 14.2 Å². The number of phenolic OH excluding ortho intramolecular Hbond substituents is 2. The average Bonchev–Trinajstić information content (AvgIpc) is 3.07. The molecule has 0 amide bonds. The number of carbonyl (C=O) groups excluding carboxylic acids is 2. The van der Waals surface area contributed by atoms with E-state index < -0.39 is 29.2 Å². The molecule has 3 rings (SSSR count). The second-order valence-electron chi connectivity index (χ2n) is 8.91. The summed E-state index contributed by atoms with van der Waals surface area (Å²) < 4.78 is 16.3. The van der Waals surface area contributed by atoms with Gasteiger partial charge in [-0.15, -0.1) is 0 Å². The highest BCUT2D eigenvalue weighted by atomic mass is 16.6. The van der Waals surface area contributed by atoms with Crippen LogP contribution in [0.5, 0.6) is 11.5 Å². The van der Waals surface area contributed by atoms with Gasteiger partial charge in [0, 0.05) is 12.8 Å². The Morgan fingerprint density at radius 1 is 1.14 bits per heavy atom. The van der Waals surface area contributed by atoms with Crippen LogP contribution in [-0.4, -0.2) is 63.4 Å². The van der Waals surface area contributed by atoms with Crippen LogP contribution in [0.15, 0.2) is 48.2 Å². The maximum atomic E-state index is 13.2. The summed E-state index contributed by atoms with van der Waals surface area (Å²) in [5.41, 5.74) is -1.91. The lowest BCUT2D eigenvalue weighted by Gasteiger charge is -2.29. The van der Waals surface area contributed by atoms with Gasteiger partial charge < -0.3 is 34.6 Å². The number of cyclic esters (lactones) is 1. The molecule has 9 heteroatoms. The van der Waals surface area contributed by atoms with E-state index in [-0.39, 0.29) is 42.3 Å². The Morgan fingerprint density at radius 2 is 1.80 bits per heavy atom. The van der Waals surface area contributed by atoms with E-state index in [1.807, 2.05) is 0 Å². The molecule has 4 N–H and O–H groups in total. The van der Waals surface area contributed by atoms with Crippen LogP contribution in [0.3, 0.4) is 0 Å². The van der Waals surface area contributed by atoms with Crippen LogP contribution >= 0.6 is 0 Å². The van der Waals surface area contributed by atoms with Gasteiger partial charge in [0.25, 0.3) is 0 Å². The minimum atomic E-state index is -1.91. The number of methoxy groups -OCH3 is 1. The van der Waals surface area contributed by atoms with E-state index in [0.29, 0.717) is 16.7 Å². The Kier molecular flexibility index (Phi) is 7.42. The smallest absolute Gasteiger partial charge is 0.375 e. The van der Waals surface area contributed by atoms with Crippen molar-refractivity contribution in [3.63, 3.8) is 0 Å². The first-order valence-corrected chi connectivity index (χ1v) is 11.1. The third kappa shape index (κ3) is 5.26. The number of benzene rings is 2. The molecule has 0 radical (unpaired) electrons. The fourth-order valence-corrected chi connectivity index (χ4v) is 3.97. The van der Waals surface area contributed by atoms with E-state index in [9.17, 15) is 30.0 Å². The highest BCUT2D eigenvalue weighted by molar-refractivity contribution is 6.11. The van der Waals surface area contributed by atoms with Crippen molar-refractivity contribution >= 4 is 17.5 Å². The Bertz CT molecular complexity index is 1130. The topological polar surface area (TPSA) is 143 Å². The van der Waals surface area contributed by atoms with Gasteiger partial charge in [0.2, 0.25) is 11.4 Å². The van der Waals surface area contributed by atoms with Gasteiger partial charge >= 0.3 is 11.9 Å². The highest BCUT2D eigenvalue weighted by Gasteiger charge is 2.56. The summed E-state index contributed by atoms with van der Waals surface area (Å²) in [4.78, 5) is 26.0. The number of phenols is 2. The fourth-order valence-electron chi connectivity index (χ4n) is 3.97. The first-order valence-electron chi connectivity index (χ1n) is 11.1. The molecule has 1 aliphatic heterocycles. The van der Waals surface area contributed by atoms with E-state index in [1.54, 1.807) is 19.1 Å². The van der Waals surface area contributed by atoms with Crippen molar-refractivity contribution in [3.05, 3.63) is 64.9 Å². The van der Waals surface area contributed by atoms with Gasteiger partial charge in [0.15, 0.2) is 0 Å². The van der Waals surface area contributed by atoms with Crippen LogP contribution in [0.1, 0.15) is 37.5 Å². The van der Waals surface area contributed by atoms with Crippen molar-refractivity contribution in [1.29, 1.82) is 0 Å². The number of hydrogen-bond acceptors (Lipinski definition) is 9. The molecule has 2 aromatic carbocycles. The van der Waals surface area contributed by atoms with Gasteiger partial charge in [-0.1, -0.05) is 24.3 Å². The molecule has 0 unspecified atom stereocenters. The molecule has 0 bridgehead atoms. The molecule has 0 aliphatic carbocycles. The van der Waals surface area contributed by atoms with Gasteiger partial charge in [-0.2, -0.15) is 0 Å². The number of rotatable bonds is 9. The Balaban J connectivity index is 2.13. The molecule has 0 spiro atoms. The standard InChI is InChI=1S/C26H30O9/c1-5-34-22-21(16-7-9-18(27)10-8-16)26(24(31)33-4,35-23(22)30)14-15-6-11-19(28)17(12-15)13-20(29)25(2,3)32/h6-12,20,27-29,32H,5,13-14H2,1-4H3/t20-,26+/m0/s1. The fraction of sp³-hybridized carbons (Fsp3) is 0.385. The van der Waals surface area contributed by atoms with Crippen molar-refractivity contribution in [2.24, 2.45) is 0 Å². The van der Waals surface area contributed by atoms with Crippen molar-refractivity contribution < 1.29 is 44.2 Å².